The summed E-state index contributed by atoms with van der Waals surface area (Å²) in [6.45, 7) is 0. The van der Waals surface area contributed by atoms with Crippen molar-refractivity contribution >= 4 is 36.7 Å². The van der Waals surface area contributed by atoms with Crippen LogP contribution in [0.5, 0.6) is 5.75 Å². The standard InChI is InChI=1S/C10H9NO7S2.K/c11-10-8(20(16,17)18)4-7(19(13,14)15)5-2-1-3-6(12)9(5)10;/h1-4,12H,11H2,(H,13,14,15)(H,16,17,18);/q;+1/p-2. The van der Waals surface area contributed by atoms with Gasteiger partial charge in [0.25, 0.3) is 0 Å². The molecule has 0 bridgehead atoms. The van der Waals surface area contributed by atoms with Crippen molar-refractivity contribution in [2.45, 2.75) is 9.79 Å². The second-order valence-corrected chi connectivity index (χ2v) is 6.59. The first-order valence-corrected chi connectivity index (χ1v) is 7.81. The molecule has 0 fully saturated rings. The molecule has 0 aliphatic heterocycles. The molecule has 0 heterocycles. The molecule has 0 atom stereocenters. The van der Waals surface area contributed by atoms with Gasteiger partial charge in [-0.1, -0.05) is 12.1 Å². The van der Waals surface area contributed by atoms with E-state index in [9.17, 15) is 31.0 Å². The first-order chi connectivity index (χ1) is 9.03. The van der Waals surface area contributed by atoms with Crippen LogP contribution in [-0.2, 0) is 20.2 Å². The van der Waals surface area contributed by atoms with Crippen LogP contribution in [0, 0.1) is 0 Å². The van der Waals surface area contributed by atoms with Crippen LogP contribution in [0.4, 0.5) is 5.69 Å². The van der Waals surface area contributed by atoms with E-state index < -0.39 is 41.5 Å². The van der Waals surface area contributed by atoms with E-state index in [2.05, 4.69) is 0 Å². The van der Waals surface area contributed by atoms with Gasteiger partial charge in [-0.25, -0.2) is 16.8 Å². The molecule has 21 heavy (non-hydrogen) atoms. The van der Waals surface area contributed by atoms with E-state index in [1.54, 1.807) is 0 Å². The van der Waals surface area contributed by atoms with Crippen molar-refractivity contribution in [3.8, 4) is 5.75 Å². The fraction of sp³-hybridized carbons (Fsp3) is 0. The molecule has 0 spiro atoms. The van der Waals surface area contributed by atoms with Gasteiger partial charge < -0.3 is 19.9 Å². The van der Waals surface area contributed by atoms with Gasteiger partial charge in [-0.2, -0.15) is 0 Å². The van der Waals surface area contributed by atoms with Crippen molar-refractivity contribution < 1.29 is 82.4 Å². The normalized spacial score (nSPS) is 12.1. The van der Waals surface area contributed by atoms with E-state index >= 15 is 0 Å². The Labute approximate surface area is 162 Å². The minimum absolute atomic E-state index is 0. The van der Waals surface area contributed by atoms with E-state index in [1.165, 1.54) is 6.07 Å². The molecule has 0 amide bonds. The van der Waals surface area contributed by atoms with Gasteiger partial charge >= 0.3 is 51.4 Å². The number of anilines is 1. The zero-order valence-electron chi connectivity index (χ0n) is 10.6. The van der Waals surface area contributed by atoms with E-state index in [0.717, 1.165) is 12.1 Å². The van der Waals surface area contributed by atoms with Crippen LogP contribution >= 0.6 is 0 Å². The molecule has 0 radical (unpaired) electrons. The van der Waals surface area contributed by atoms with Crippen molar-refractivity contribution in [2.24, 2.45) is 0 Å². The smallest absolute Gasteiger partial charge is 0.744 e. The van der Waals surface area contributed by atoms with E-state index in [-0.39, 0.29) is 62.2 Å². The van der Waals surface area contributed by atoms with Crippen molar-refractivity contribution in [2.75, 3.05) is 5.73 Å². The fourth-order valence-corrected chi connectivity index (χ4v) is 3.25. The molecule has 11 heteroatoms. The molecule has 2 rings (SSSR count). The summed E-state index contributed by atoms with van der Waals surface area (Å²) in [7, 11) is -10.2. The Morgan fingerprint density at radius 3 is 2.00 bits per heavy atom. The number of benzene rings is 2. The summed E-state index contributed by atoms with van der Waals surface area (Å²) in [6, 6.07) is 3.93. The van der Waals surface area contributed by atoms with Crippen molar-refractivity contribution in [3.05, 3.63) is 24.3 Å². The number of rotatable bonds is 2. The van der Waals surface area contributed by atoms with E-state index in [0.29, 0.717) is 6.07 Å². The number of nitrogens with two attached hydrogens (primary N) is 1. The van der Waals surface area contributed by atoms with Crippen molar-refractivity contribution in [1.29, 1.82) is 0 Å². The third-order valence-corrected chi connectivity index (χ3v) is 4.40. The number of phenolic OH excluding ortho intramolecular Hbond substituents is 1. The third kappa shape index (κ3) is 3.57. The van der Waals surface area contributed by atoms with Gasteiger partial charge in [-0.15, -0.1) is 0 Å². The van der Waals surface area contributed by atoms with Crippen molar-refractivity contribution in [3.63, 3.8) is 0 Å². The Morgan fingerprint density at radius 2 is 1.52 bits per heavy atom. The SMILES string of the molecule is Nc1c(S(=O)(=O)[O-])cc(S(=O)(=O)[O-])c2cccc(O)c12.[K+]. The molecule has 0 saturated carbocycles. The van der Waals surface area contributed by atoms with E-state index in [1.807, 2.05) is 0 Å². The molecule has 2 aromatic carbocycles. The summed E-state index contributed by atoms with van der Waals surface area (Å²) in [4.78, 5) is -2.01. The van der Waals surface area contributed by atoms with Gasteiger partial charge in [-0.3, -0.25) is 0 Å². The van der Waals surface area contributed by atoms with Gasteiger partial charge in [0.05, 0.1) is 15.5 Å². The minimum atomic E-state index is -5.11. The van der Waals surface area contributed by atoms with Gasteiger partial charge in [0, 0.05) is 10.8 Å². The first-order valence-electron chi connectivity index (χ1n) is 4.99. The fourth-order valence-electron chi connectivity index (χ4n) is 1.84. The Balaban J connectivity index is 0.00000220. The van der Waals surface area contributed by atoms with Crippen molar-refractivity contribution in [1.82, 2.24) is 0 Å². The number of hydrogen-bond acceptors (Lipinski definition) is 8. The summed E-state index contributed by atoms with van der Waals surface area (Å²) < 4.78 is 66.7. The van der Waals surface area contributed by atoms with Crippen LogP contribution in [0.1, 0.15) is 0 Å². The Hall–Kier alpha value is -0.244. The van der Waals surface area contributed by atoms with E-state index in [4.69, 9.17) is 5.73 Å². The average molecular weight is 356 g/mol. The molecular formula is C10H7KNO7S2-. The minimum Gasteiger partial charge on any atom is -0.744 e. The number of nitrogen functional groups attached to an aromatic ring is 1. The number of aromatic hydroxyl groups is 1. The van der Waals surface area contributed by atoms with Crippen LogP contribution in [-0.4, -0.2) is 31.0 Å². The van der Waals surface area contributed by atoms with Gasteiger partial charge in [0.15, 0.2) is 0 Å². The topological polar surface area (TPSA) is 161 Å². The van der Waals surface area contributed by atoms with Crippen LogP contribution in [0.3, 0.4) is 0 Å². The maximum Gasteiger partial charge on any atom is 1.00 e. The molecule has 3 N–H and O–H groups in total. The molecule has 0 aromatic heterocycles. The quantitative estimate of drug-likeness (QED) is 0.326. The molecule has 0 aliphatic carbocycles. The Bertz CT molecular complexity index is 922. The zero-order valence-corrected chi connectivity index (χ0v) is 15.4. The first kappa shape index (κ1) is 18.8. The number of fused-ring (bicyclic) bond motifs is 1. The summed E-state index contributed by atoms with van der Waals surface area (Å²) in [5.41, 5.74) is 4.87. The van der Waals surface area contributed by atoms with Crippen LogP contribution < -0.4 is 57.1 Å². The molecule has 8 nitrogen and oxygen atoms in total. The van der Waals surface area contributed by atoms with Gasteiger partial charge in [0.1, 0.15) is 26.0 Å². The molecule has 0 unspecified atom stereocenters. The predicted molar refractivity (Wildman–Crippen MR) is 66.0 cm³/mol. The number of phenols is 1. The largest absolute Gasteiger partial charge is 1.00 e. The maximum absolute atomic E-state index is 11.2. The Kier molecular flexibility index (Phi) is 5.46. The average Bonchev–Trinajstić information content (AvgIpc) is 2.25. The van der Waals surface area contributed by atoms with Crippen LogP contribution in [0.15, 0.2) is 34.1 Å². The molecule has 0 aliphatic rings. The molecule has 2 aromatic rings. The molecular weight excluding hydrogens is 349 g/mol. The zero-order chi connectivity index (χ0) is 15.3. The number of hydrogen-bond donors (Lipinski definition) is 2. The summed E-state index contributed by atoms with van der Waals surface area (Å²) >= 11 is 0. The van der Waals surface area contributed by atoms with Gasteiger partial charge in [-0.05, 0) is 12.1 Å². The second-order valence-electron chi connectivity index (χ2n) is 3.89. The molecule has 108 valence electrons. The summed E-state index contributed by atoms with van der Waals surface area (Å²) in [6.07, 6.45) is 0. The van der Waals surface area contributed by atoms with Gasteiger partial charge in [0.2, 0.25) is 0 Å². The maximum atomic E-state index is 11.2. The Morgan fingerprint density at radius 1 is 1.00 bits per heavy atom. The molecule has 0 saturated heterocycles. The van der Waals surface area contributed by atoms with Crippen LogP contribution in [0.25, 0.3) is 10.8 Å². The summed E-state index contributed by atoms with van der Waals surface area (Å²) in [5, 5.41) is 9.02. The third-order valence-electron chi connectivity index (χ3n) is 2.64. The second kappa shape index (κ2) is 6.10. The summed E-state index contributed by atoms with van der Waals surface area (Å²) in [5.74, 6) is -0.546. The predicted octanol–water partition coefficient (Wildman–Crippen LogP) is -3.06. The van der Waals surface area contributed by atoms with Crippen LogP contribution in [0.2, 0.25) is 0 Å². The monoisotopic (exact) mass is 356 g/mol.